The molecule has 0 amide bonds. The largest absolute Gasteiger partial charge is 0.550 e. The molecule has 0 aliphatic carbocycles. The van der Waals surface area contributed by atoms with E-state index in [4.69, 9.17) is 0 Å². The summed E-state index contributed by atoms with van der Waals surface area (Å²) in [5.74, 6) is -0.995. The van der Waals surface area contributed by atoms with Crippen molar-refractivity contribution in [1.29, 1.82) is 0 Å². The number of hydrogen-bond donors (Lipinski definition) is 1. The number of nitrogens with zero attached hydrogens (tertiary/aromatic N) is 1. The van der Waals surface area contributed by atoms with Crippen LogP contribution in [0.4, 0.5) is 0 Å². The summed E-state index contributed by atoms with van der Waals surface area (Å²) in [5, 5.41) is 18.6. The first-order chi connectivity index (χ1) is 5.95. The summed E-state index contributed by atoms with van der Waals surface area (Å²) in [6.45, 7) is 9.95. The Morgan fingerprint density at radius 1 is 1.15 bits per heavy atom. The summed E-state index contributed by atoms with van der Waals surface area (Å²) < 4.78 is 0.208. The van der Waals surface area contributed by atoms with Crippen LogP contribution in [0.2, 0.25) is 0 Å². The average molecular weight is 191 g/mol. The molecule has 0 aromatic carbocycles. The van der Waals surface area contributed by atoms with E-state index < -0.39 is 5.97 Å². The molecule has 0 saturated heterocycles. The Balaban J connectivity index is 0. The van der Waals surface area contributed by atoms with E-state index in [1.807, 2.05) is 20.8 Å². The minimum absolute atomic E-state index is 0.111. The van der Waals surface area contributed by atoms with Crippen LogP contribution in [0.1, 0.15) is 34.1 Å². The van der Waals surface area contributed by atoms with Gasteiger partial charge in [-0.3, -0.25) is 0 Å². The monoisotopic (exact) mass is 191 g/mol. The van der Waals surface area contributed by atoms with Crippen LogP contribution >= 0.6 is 0 Å². The highest BCUT2D eigenvalue weighted by Crippen LogP contribution is 1.97. The second-order valence-electron chi connectivity index (χ2n) is 2.77. The Morgan fingerprint density at radius 2 is 1.38 bits per heavy atom. The lowest BCUT2D eigenvalue weighted by Gasteiger charge is -2.25. The normalized spacial score (nSPS) is 10.2. The molecule has 80 valence electrons. The molecule has 0 fully saturated rings. The topological polar surface area (TPSA) is 60.4 Å². The number of carboxylic acid groups (broad SMARTS) is 1. The van der Waals surface area contributed by atoms with Crippen LogP contribution in [-0.2, 0) is 4.79 Å². The highest BCUT2D eigenvalue weighted by molar-refractivity contribution is 5.63. The maximum absolute atomic E-state index is 9.38. The summed E-state index contributed by atoms with van der Waals surface area (Å²) in [7, 11) is 0. The van der Waals surface area contributed by atoms with Crippen molar-refractivity contribution >= 4 is 5.97 Å². The second-order valence-corrected chi connectivity index (χ2v) is 2.77. The average Bonchev–Trinajstić information content (AvgIpc) is 2.17. The molecule has 13 heavy (non-hydrogen) atoms. The van der Waals surface area contributed by atoms with Gasteiger partial charge in [-0.05, 0) is 27.2 Å². The summed E-state index contributed by atoms with van der Waals surface area (Å²) >= 11 is 0. The number of rotatable bonds is 4. The number of carbonyl (C=O) groups excluding carboxylic acids is 1. The van der Waals surface area contributed by atoms with Crippen LogP contribution in [0.5, 0.6) is 0 Å². The number of carbonyl (C=O) groups is 1. The van der Waals surface area contributed by atoms with Gasteiger partial charge in [-0.25, -0.2) is 5.21 Å². The van der Waals surface area contributed by atoms with E-state index in [9.17, 15) is 15.1 Å². The van der Waals surface area contributed by atoms with Gasteiger partial charge in [-0.15, -0.1) is 0 Å². The smallest absolute Gasteiger partial charge is 0.106 e. The van der Waals surface area contributed by atoms with E-state index in [-0.39, 0.29) is 11.1 Å². The van der Waals surface area contributed by atoms with E-state index in [0.717, 1.165) is 19.6 Å². The molecule has 0 aliphatic rings. The van der Waals surface area contributed by atoms with Gasteiger partial charge in [0, 0.05) is 5.97 Å². The Hall–Kier alpha value is -0.610. The number of aliphatic carboxylic acids is 1. The highest BCUT2D eigenvalue weighted by atomic mass is 16.5. The van der Waals surface area contributed by atoms with Crippen molar-refractivity contribution in [2.45, 2.75) is 34.1 Å². The van der Waals surface area contributed by atoms with Crippen molar-refractivity contribution in [3.05, 3.63) is 0 Å². The third-order valence-corrected chi connectivity index (χ3v) is 2.05. The summed E-state index contributed by atoms with van der Waals surface area (Å²) in [6, 6.07) is 0. The van der Waals surface area contributed by atoms with Crippen molar-refractivity contribution in [2.75, 3.05) is 19.6 Å². The Morgan fingerprint density at radius 3 is 1.38 bits per heavy atom. The summed E-state index contributed by atoms with van der Waals surface area (Å²) in [5.41, 5.74) is 0. The lowest BCUT2D eigenvalue weighted by molar-refractivity contribution is -1.10. The second kappa shape index (κ2) is 8.01. The fourth-order valence-corrected chi connectivity index (χ4v) is 0.671. The van der Waals surface area contributed by atoms with Crippen molar-refractivity contribution in [1.82, 2.24) is 0 Å². The first-order valence-electron chi connectivity index (χ1n) is 4.74. The summed E-state index contributed by atoms with van der Waals surface area (Å²) in [4.78, 5) is 9.26. The van der Waals surface area contributed by atoms with Gasteiger partial charge < -0.3 is 9.90 Å². The van der Waals surface area contributed by atoms with Crippen LogP contribution in [-0.4, -0.2) is 35.5 Å². The number of quaternary nitrogens is 1. The molecule has 0 aromatic heterocycles. The van der Waals surface area contributed by atoms with Gasteiger partial charge in [-0.1, -0.05) is 6.92 Å². The van der Waals surface area contributed by atoms with Gasteiger partial charge in [-0.2, -0.15) is 4.65 Å². The van der Waals surface area contributed by atoms with Gasteiger partial charge in [0.25, 0.3) is 0 Å². The third-order valence-electron chi connectivity index (χ3n) is 2.05. The molecule has 0 atom stereocenters. The molecule has 0 aliphatic heterocycles. The Kier molecular flexibility index (Phi) is 9.17. The fraction of sp³-hybridized carbons (Fsp3) is 0.889. The molecule has 0 heterocycles. The van der Waals surface area contributed by atoms with E-state index in [2.05, 4.69) is 0 Å². The number of hydrogen-bond acceptors (Lipinski definition) is 3. The predicted molar refractivity (Wildman–Crippen MR) is 49.0 cm³/mol. The minimum atomic E-state index is -0.995. The SMILES string of the molecule is CCC(=O)[O-].CC[N+](O)(CC)CC. The first kappa shape index (κ1) is 14.9. The molecular formula is C9H21NO3. The molecular weight excluding hydrogens is 170 g/mol. The molecule has 0 unspecified atom stereocenters. The predicted octanol–water partition coefficient (Wildman–Crippen LogP) is 0.398. The molecule has 0 saturated carbocycles. The van der Waals surface area contributed by atoms with Crippen molar-refractivity contribution in [2.24, 2.45) is 0 Å². The van der Waals surface area contributed by atoms with E-state index in [1.165, 1.54) is 6.92 Å². The van der Waals surface area contributed by atoms with E-state index in [1.54, 1.807) is 0 Å². The van der Waals surface area contributed by atoms with Gasteiger partial charge >= 0.3 is 0 Å². The molecule has 0 bridgehead atoms. The molecule has 0 spiro atoms. The quantitative estimate of drug-likeness (QED) is 0.517. The van der Waals surface area contributed by atoms with Gasteiger partial charge in [0.2, 0.25) is 0 Å². The zero-order chi connectivity index (χ0) is 10.9. The van der Waals surface area contributed by atoms with Crippen molar-refractivity contribution in [3.63, 3.8) is 0 Å². The Labute approximate surface area is 80.3 Å². The lowest BCUT2D eigenvalue weighted by Crippen LogP contribution is -2.43. The van der Waals surface area contributed by atoms with Crippen molar-refractivity contribution < 1.29 is 19.8 Å². The zero-order valence-electron chi connectivity index (χ0n) is 9.04. The maximum atomic E-state index is 9.38. The molecule has 4 heteroatoms. The van der Waals surface area contributed by atoms with Crippen molar-refractivity contribution in [3.8, 4) is 0 Å². The molecule has 0 aromatic rings. The van der Waals surface area contributed by atoms with Crippen LogP contribution in [0.25, 0.3) is 0 Å². The van der Waals surface area contributed by atoms with E-state index in [0.29, 0.717) is 0 Å². The molecule has 0 radical (unpaired) electrons. The van der Waals surface area contributed by atoms with Gasteiger partial charge in [0.15, 0.2) is 0 Å². The number of hydroxylamine groups is 3. The van der Waals surface area contributed by atoms with Gasteiger partial charge in [0.1, 0.15) is 19.6 Å². The van der Waals surface area contributed by atoms with E-state index >= 15 is 0 Å². The first-order valence-corrected chi connectivity index (χ1v) is 4.74. The molecule has 1 N–H and O–H groups in total. The third kappa shape index (κ3) is 9.30. The standard InChI is InChI=1S/C6H16NO.C3H6O2/c1-4-7(8,5-2)6-3;1-2-3(4)5/h8H,4-6H2,1-3H3;2H2,1H3,(H,4,5)/q+1;/p-1. The fourth-order valence-electron chi connectivity index (χ4n) is 0.671. The van der Waals surface area contributed by atoms with Gasteiger partial charge in [0.05, 0.1) is 0 Å². The summed E-state index contributed by atoms with van der Waals surface area (Å²) in [6.07, 6.45) is 0.111. The highest BCUT2D eigenvalue weighted by Gasteiger charge is 2.15. The van der Waals surface area contributed by atoms with Crippen LogP contribution in [0.15, 0.2) is 0 Å². The lowest BCUT2D eigenvalue weighted by atomic mass is 10.5. The number of carboxylic acids is 1. The maximum Gasteiger partial charge on any atom is 0.106 e. The van der Waals surface area contributed by atoms with Crippen LogP contribution < -0.4 is 5.11 Å². The zero-order valence-corrected chi connectivity index (χ0v) is 9.04. The minimum Gasteiger partial charge on any atom is -0.550 e. The van der Waals surface area contributed by atoms with Crippen LogP contribution in [0.3, 0.4) is 0 Å². The molecule has 4 nitrogen and oxygen atoms in total. The van der Waals surface area contributed by atoms with Crippen LogP contribution in [0, 0.1) is 0 Å². The Bertz CT molecular complexity index is 125. The molecule has 0 rings (SSSR count).